The zero-order valence-electron chi connectivity index (χ0n) is 11.7. The molecule has 6 heteroatoms. The van der Waals surface area contributed by atoms with Crippen LogP contribution in [0, 0.1) is 0 Å². The second-order valence-corrected chi connectivity index (χ2v) is 5.68. The van der Waals surface area contributed by atoms with Gasteiger partial charge in [-0.15, -0.1) is 0 Å². The van der Waals surface area contributed by atoms with E-state index in [4.69, 9.17) is 21.1 Å². The van der Waals surface area contributed by atoms with Gasteiger partial charge in [-0.1, -0.05) is 11.6 Å². The van der Waals surface area contributed by atoms with Crippen molar-refractivity contribution in [3.05, 3.63) is 50.2 Å². The molecule has 0 saturated carbocycles. The van der Waals surface area contributed by atoms with Crippen LogP contribution in [0.2, 0.25) is 5.02 Å². The molecular weight excluding hydrogens is 358 g/mol. The van der Waals surface area contributed by atoms with Gasteiger partial charge in [-0.3, -0.25) is 4.79 Å². The smallest absolute Gasteiger partial charge is 0.265 e. The third-order valence-corrected chi connectivity index (χ3v) is 3.95. The van der Waals surface area contributed by atoms with Gasteiger partial charge in [0.2, 0.25) is 0 Å². The molecule has 0 spiro atoms. The number of benzene rings is 1. The average Bonchev–Trinajstić information content (AvgIpc) is 2.46. The second-order valence-electron chi connectivity index (χ2n) is 4.41. The minimum Gasteiger partial charge on any atom is -0.491 e. The first-order valence-electron chi connectivity index (χ1n) is 6.31. The molecule has 0 fully saturated rings. The van der Waals surface area contributed by atoms with Crippen LogP contribution in [0.4, 0.5) is 0 Å². The molecule has 112 valence electrons. The maximum atomic E-state index is 11.9. The Morgan fingerprint density at radius 3 is 2.67 bits per heavy atom. The quantitative estimate of drug-likeness (QED) is 0.754. The van der Waals surface area contributed by atoms with Gasteiger partial charge in [-0.2, -0.15) is 0 Å². The summed E-state index contributed by atoms with van der Waals surface area (Å²) in [5.41, 5.74) is 1.42. The van der Waals surface area contributed by atoms with Crippen molar-refractivity contribution in [2.45, 2.75) is 0 Å². The number of rotatable bonds is 5. The van der Waals surface area contributed by atoms with Crippen molar-refractivity contribution in [3.8, 4) is 17.0 Å². The molecule has 1 aromatic heterocycles. The highest BCUT2D eigenvalue weighted by molar-refractivity contribution is 9.10. The maximum absolute atomic E-state index is 11.9. The highest BCUT2D eigenvalue weighted by Crippen LogP contribution is 2.30. The van der Waals surface area contributed by atoms with Crippen LogP contribution in [0.1, 0.15) is 0 Å². The Balaban J connectivity index is 2.33. The van der Waals surface area contributed by atoms with Gasteiger partial charge in [0.1, 0.15) is 12.4 Å². The largest absolute Gasteiger partial charge is 0.491 e. The lowest BCUT2D eigenvalue weighted by atomic mass is 10.1. The van der Waals surface area contributed by atoms with Crippen molar-refractivity contribution in [3.63, 3.8) is 0 Å². The summed E-state index contributed by atoms with van der Waals surface area (Å²) in [4.78, 5) is 11.9. The van der Waals surface area contributed by atoms with E-state index < -0.39 is 0 Å². The molecule has 0 aliphatic heterocycles. The van der Waals surface area contributed by atoms with Gasteiger partial charge in [0.25, 0.3) is 5.56 Å². The Hall–Kier alpha value is -1.30. The van der Waals surface area contributed by atoms with Crippen molar-refractivity contribution in [2.24, 2.45) is 7.05 Å². The molecule has 21 heavy (non-hydrogen) atoms. The summed E-state index contributed by atoms with van der Waals surface area (Å²) in [6, 6.07) is 8.96. The van der Waals surface area contributed by atoms with E-state index in [1.165, 1.54) is 0 Å². The van der Waals surface area contributed by atoms with Gasteiger partial charge in [-0.05, 0) is 46.3 Å². The number of hydrogen-bond acceptors (Lipinski definition) is 3. The highest BCUT2D eigenvalue weighted by Gasteiger charge is 2.10. The van der Waals surface area contributed by atoms with Crippen LogP contribution in [0.3, 0.4) is 0 Å². The molecule has 0 amide bonds. The third-order valence-electron chi connectivity index (χ3n) is 3.03. The van der Waals surface area contributed by atoms with Gasteiger partial charge in [-0.25, -0.2) is 0 Å². The lowest BCUT2D eigenvalue weighted by Gasteiger charge is -2.12. The van der Waals surface area contributed by atoms with Gasteiger partial charge in [0.05, 0.1) is 21.8 Å². The van der Waals surface area contributed by atoms with Crippen LogP contribution >= 0.6 is 27.5 Å². The third kappa shape index (κ3) is 3.67. The molecule has 0 radical (unpaired) electrons. The van der Waals surface area contributed by atoms with Crippen LogP contribution in [-0.4, -0.2) is 24.9 Å². The van der Waals surface area contributed by atoms with Crippen LogP contribution < -0.4 is 10.3 Å². The van der Waals surface area contributed by atoms with Crippen molar-refractivity contribution >= 4 is 27.5 Å². The van der Waals surface area contributed by atoms with E-state index in [0.29, 0.717) is 28.5 Å². The molecule has 0 saturated heterocycles. The van der Waals surface area contributed by atoms with Gasteiger partial charge < -0.3 is 14.0 Å². The van der Waals surface area contributed by atoms with E-state index in [0.717, 1.165) is 11.3 Å². The number of halogens is 2. The van der Waals surface area contributed by atoms with Crippen LogP contribution in [0.15, 0.2) is 39.6 Å². The molecule has 0 atom stereocenters. The Labute approximate surface area is 136 Å². The van der Waals surface area contributed by atoms with Crippen molar-refractivity contribution in [1.29, 1.82) is 0 Å². The highest BCUT2D eigenvalue weighted by atomic mass is 79.9. The first-order chi connectivity index (χ1) is 10.0. The van der Waals surface area contributed by atoms with E-state index in [9.17, 15) is 4.79 Å². The van der Waals surface area contributed by atoms with Crippen LogP contribution in [0.5, 0.6) is 5.75 Å². The minimum absolute atomic E-state index is 0.107. The molecule has 0 aliphatic carbocycles. The van der Waals surface area contributed by atoms with Crippen LogP contribution in [-0.2, 0) is 11.8 Å². The molecule has 0 bridgehead atoms. The fourth-order valence-corrected chi connectivity index (χ4v) is 2.58. The van der Waals surface area contributed by atoms with Gasteiger partial charge >= 0.3 is 0 Å². The Morgan fingerprint density at radius 2 is 2.00 bits per heavy atom. The van der Waals surface area contributed by atoms with E-state index in [2.05, 4.69) is 15.9 Å². The summed E-state index contributed by atoms with van der Waals surface area (Å²) in [5, 5.41) is 0.530. The van der Waals surface area contributed by atoms with Crippen LogP contribution in [0.25, 0.3) is 11.3 Å². The predicted octanol–water partition coefficient (Wildman–Crippen LogP) is 3.49. The second kappa shape index (κ2) is 7.11. The number of pyridine rings is 1. The molecule has 2 rings (SSSR count). The van der Waals surface area contributed by atoms with E-state index in [1.54, 1.807) is 30.9 Å². The first kappa shape index (κ1) is 16.1. The van der Waals surface area contributed by atoms with Crippen molar-refractivity contribution in [1.82, 2.24) is 4.57 Å². The number of hydrogen-bond donors (Lipinski definition) is 0. The van der Waals surface area contributed by atoms with Gasteiger partial charge in [0, 0.05) is 19.7 Å². The summed E-state index contributed by atoms with van der Waals surface area (Å²) in [6.45, 7) is 0.976. The summed E-state index contributed by atoms with van der Waals surface area (Å²) in [5.74, 6) is 0.669. The monoisotopic (exact) mass is 371 g/mol. The molecule has 1 heterocycles. The van der Waals surface area contributed by atoms with E-state index in [1.807, 2.05) is 18.2 Å². The Kier molecular flexibility index (Phi) is 5.45. The molecule has 0 N–H and O–H groups in total. The van der Waals surface area contributed by atoms with E-state index >= 15 is 0 Å². The number of nitrogens with zero attached hydrogens (tertiary/aromatic N) is 1. The SMILES string of the molecule is COCCOc1ccc(-c2ccc(Br)c(=O)n2C)c(Cl)c1. The average molecular weight is 373 g/mol. The number of methoxy groups -OCH3 is 1. The number of aromatic nitrogens is 1. The van der Waals surface area contributed by atoms with Crippen molar-refractivity contribution < 1.29 is 9.47 Å². The lowest BCUT2D eigenvalue weighted by Crippen LogP contribution is -2.18. The zero-order chi connectivity index (χ0) is 15.4. The first-order valence-corrected chi connectivity index (χ1v) is 7.49. The van der Waals surface area contributed by atoms with E-state index in [-0.39, 0.29) is 5.56 Å². The standard InChI is InChI=1S/C15H15BrClNO3/c1-18-14(6-5-12(16)15(18)19)11-4-3-10(9-13(11)17)21-8-7-20-2/h3-6,9H,7-8H2,1-2H3. The zero-order valence-corrected chi connectivity index (χ0v) is 14.1. The lowest BCUT2D eigenvalue weighted by molar-refractivity contribution is 0.146. The predicted molar refractivity (Wildman–Crippen MR) is 87.2 cm³/mol. The fraction of sp³-hybridized carbons (Fsp3) is 0.267. The molecule has 0 unspecified atom stereocenters. The minimum atomic E-state index is -0.107. The normalized spacial score (nSPS) is 10.7. The number of ether oxygens (including phenoxy) is 2. The summed E-state index contributed by atoms with van der Waals surface area (Å²) in [7, 11) is 3.33. The molecular formula is C15H15BrClNO3. The summed E-state index contributed by atoms with van der Waals surface area (Å²) in [6.07, 6.45) is 0. The summed E-state index contributed by atoms with van der Waals surface area (Å²) < 4.78 is 12.5. The molecule has 4 nitrogen and oxygen atoms in total. The van der Waals surface area contributed by atoms with Gasteiger partial charge in [0.15, 0.2) is 0 Å². The molecule has 1 aromatic carbocycles. The fourth-order valence-electron chi connectivity index (χ4n) is 1.91. The molecule has 0 aliphatic rings. The van der Waals surface area contributed by atoms with Crippen molar-refractivity contribution in [2.75, 3.05) is 20.3 Å². The molecule has 2 aromatic rings. The maximum Gasteiger partial charge on any atom is 0.265 e. The summed E-state index contributed by atoms with van der Waals surface area (Å²) >= 11 is 9.52. The Bertz CT molecular complexity index is 700. The Morgan fingerprint density at radius 1 is 1.24 bits per heavy atom. The topological polar surface area (TPSA) is 40.5 Å².